The number of unbranched alkanes of at least 4 members (excludes halogenated alkanes) is 1. The van der Waals surface area contributed by atoms with Crippen molar-refractivity contribution in [1.82, 2.24) is 14.8 Å². The Balaban J connectivity index is 1.50. The Labute approximate surface area is 223 Å². The zero-order chi connectivity index (χ0) is 26.2. The van der Waals surface area contributed by atoms with Gasteiger partial charge in [-0.2, -0.15) is 0 Å². The fourth-order valence-corrected chi connectivity index (χ4v) is 4.43. The maximum absolute atomic E-state index is 12.8. The molecule has 2 N–H and O–H groups in total. The highest BCUT2D eigenvalue weighted by Crippen LogP contribution is 2.32. The normalized spacial score (nSPS) is 10.8. The molecule has 37 heavy (non-hydrogen) atoms. The Morgan fingerprint density at radius 3 is 2.57 bits per heavy atom. The molecule has 190 valence electrons. The van der Waals surface area contributed by atoms with E-state index in [0.717, 1.165) is 18.5 Å². The van der Waals surface area contributed by atoms with E-state index in [2.05, 4.69) is 15.5 Å². The average Bonchev–Trinajstić information content (AvgIpc) is 3.33. The number of carbonyl (C=O) groups excluding carboxylic acids is 2. The number of amides is 1. The third kappa shape index (κ3) is 6.49. The number of para-hydroxylation sites is 2. The van der Waals surface area contributed by atoms with Crippen LogP contribution in [0.25, 0.3) is 17.1 Å². The summed E-state index contributed by atoms with van der Waals surface area (Å²) in [4.78, 5) is 25.1. The molecule has 1 aromatic heterocycles. The van der Waals surface area contributed by atoms with Crippen LogP contribution in [0.3, 0.4) is 0 Å². The topological polar surface area (TPSA) is 106 Å². The van der Waals surface area contributed by atoms with Gasteiger partial charge in [-0.05, 0) is 48.9 Å². The van der Waals surface area contributed by atoms with E-state index >= 15 is 0 Å². The highest BCUT2D eigenvalue weighted by Gasteiger charge is 2.20. The number of nitrogens with one attached hydrogen (secondary N) is 1. The fraction of sp³-hybridized carbons (Fsp3) is 0.185. The number of halogens is 1. The van der Waals surface area contributed by atoms with Gasteiger partial charge in [0.15, 0.2) is 11.0 Å². The number of aromatic hydroxyl groups is 1. The van der Waals surface area contributed by atoms with Crippen LogP contribution in [0.5, 0.6) is 5.75 Å². The van der Waals surface area contributed by atoms with E-state index in [1.165, 1.54) is 17.8 Å². The molecule has 0 saturated heterocycles. The summed E-state index contributed by atoms with van der Waals surface area (Å²) < 4.78 is 7.03. The van der Waals surface area contributed by atoms with Crippen LogP contribution in [-0.4, -0.2) is 44.1 Å². The molecule has 8 nitrogen and oxygen atoms in total. The number of thioether (sulfide) groups is 1. The van der Waals surface area contributed by atoms with Gasteiger partial charge in [0.1, 0.15) is 5.75 Å². The first-order valence-corrected chi connectivity index (χ1v) is 13.0. The van der Waals surface area contributed by atoms with Crippen molar-refractivity contribution < 1.29 is 19.4 Å². The number of esters is 1. The SMILES string of the molecule is CCCCOC(=O)c1cc(NC(=O)CSc2nnc(-c3ccccc3O)n2-c2ccccc2)ccc1Cl. The predicted octanol–water partition coefficient (Wildman–Crippen LogP) is 5.98. The third-order valence-electron chi connectivity index (χ3n) is 5.33. The van der Waals surface area contributed by atoms with Crippen molar-refractivity contribution in [1.29, 1.82) is 0 Å². The highest BCUT2D eigenvalue weighted by atomic mass is 35.5. The molecule has 0 fully saturated rings. The standard InChI is InChI=1S/C27H25ClN4O4S/c1-2-3-15-36-26(35)21-16-18(13-14-22(21)28)29-24(34)17-37-27-31-30-25(20-11-7-8-12-23(20)33)32(27)19-9-5-4-6-10-19/h4-14,16,33H,2-3,15,17H2,1H3,(H,29,34). The summed E-state index contributed by atoms with van der Waals surface area (Å²) in [7, 11) is 0. The lowest BCUT2D eigenvalue weighted by Crippen LogP contribution is -2.15. The summed E-state index contributed by atoms with van der Waals surface area (Å²) >= 11 is 7.36. The van der Waals surface area contributed by atoms with Gasteiger partial charge >= 0.3 is 5.97 Å². The summed E-state index contributed by atoms with van der Waals surface area (Å²) in [6, 6.07) is 21.0. The number of phenols is 1. The van der Waals surface area contributed by atoms with E-state index in [1.54, 1.807) is 41.0 Å². The molecule has 0 saturated carbocycles. The molecule has 0 unspecified atom stereocenters. The largest absolute Gasteiger partial charge is 0.507 e. The number of anilines is 1. The Morgan fingerprint density at radius 2 is 1.81 bits per heavy atom. The van der Waals surface area contributed by atoms with Crippen molar-refractivity contribution in [3.63, 3.8) is 0 Å². The van der Waals surface area contributed by atoms with E-state index in [-0.39, 0.29) is 28.0 Å². The number of nitrogens with zero attached hydrogens (tertiary/aromatic N) is 3. The van der Waals surface area contributed by atoms with Gasteiger partial charge in [-0.1, -0.05) is 67.0 Å². The molecule has 0 bridgehead atoms. The van der Waals surface area contributed by atoms with Crippen molar-refractivity contribution in [3.8, 4) is 22.8 Å². The number of benzene rings is 3. The maximum atomic E-state index is 12.8. The zero-order valence-corrected chi connectivity index (χ0v) is 21.6. The number of rotatable bonds is 10. The smallest absolute Gasteiger partial charge is 0.339 e. The zero-order valence-electron chi connectivity index (χ0n) is 20.1. The van der Waals surface area contributed by atoms with Crippen LogP contribution < -0.4 is 5.32 Å². The molecule has 3 aromatic carbocycles. The molecule has 0 aliphatic rings. The van der Waals surface area contributed by atoms with E-state index in [4.69, 9.17) is 16.3 Å². The van der Waals surface area contributed by atoms with E-state index < -0.39 is 5.97 Å². The van der Waals surface area contributed by atoms with Crippen LogP contribution in [0.4, 0.5) is 5.69 Å². The second-order valence-corrected chi connectivity index (χ2v) is 9.36. The number of aromatic nitrogens is 3. The van der Waals surface area contributed by atoms with Gasteiger partial charge in [-0.3, -0.25) is 9.36 Å². The van der Waals surface area contributed by atoms with Crippen LogP contribution in [-0.2, 0) is 9.53 Å². The van der Waals surface area contributed by atoms with Gasteiger partial charge < -0.3 is 15.2 Å². The molecular formula is C27H25ClN4O4S. The first-order valence-electron chi connectivity index (χ1n) is 11.7. The fourth-order valence-electron chi connectivity index (χ4n) is 3.48. The van der Waals surface area contributed by atoms with Gasteiger partial charge in [-0.15, -0.1) is 10.2 Å². The molecule has 1 amide bonds. The molecule has 0 spiro atoms. The van der Waals surface area contributed by atoms with Gasteiger partial charge in [-0.25, -0.2) is 4.79 Å². The predicted molar refractivity (Wildman–Crippen MR) is 144 cm³/mol. The van der Waals surface area contributed by atoms with Gasteiger partial charge in [0.2, 0.25) is 5.91 Å². The molecule has 10 heteroatoms. The molecule has 4 aromatic rings. The monoisotopic (exact) mass is 536 g/mol. The Morgan fingerprint density at radius 1 is 1.05 bits per heavy atom. The van der Waals surface area contributed by atoms with Crippen molar-refractivity contribution in [2.24, 2.45) is 0 Å². The molecule has 0 aliphatic heterocycles. The van der Waals surface area contributed by atoms with Crippen LogP contribution in [0.2, 0.25) is 5.02 Å². The van der Waals surface area contributed by atoms with Gasteiger partial charge in [0, 0.05) is 11.4 Å². The summed E-state index contributed by atoms with van der Waals surface area (Å²) in [5.74, 6) is -0.268. The van der Waals surface area contributed by atoms with Crippen LogP contribution >= 0.6 is 23.4 Å². The quantitative estimate of drug-likeness (QED) is 0.146. The summed E-state index contributed by atoms with van der Waals surface area (Å²) in [6.45, 7) is 2.31. The molecule has 0 atom stereocenters. The number of hydrogen-bond acceptors (Lipinski definition) is 7. The minimum Gasteiger partial charge on any atom is -0.507 e. The lowest BCUT2D eigenvalue weighted by Gasteiger charge is -2.11. The molecule has 0 aliphatic carbocycles. The van der Waals surface area contributed by atoms with Gasteiger partial charge in [0.25, 0.3) is 0 Å². The summed E-state index contributed by atoms with van der Waals surface area (Å²) in [6.07, 6.45) is 1.66. The van der Waals surface area contributed by atoms with E-state index in [9.17, 15) is 14.7 Å². The molecule has 0 radical (unpaired) electrons. The lowest BCUT2D eigenvalue weighted by atomic mass is 10.2. The van der Waals surface area contributed by atoms with Crippen molar-refractivity contribution in [2.45, 2.75) is 24.9 Å². The first-order chi connectivity index (χ1) is 18.0. The lowest BCUT2D eigenvalue weighted by molar-refractivity contribution is -0.113. The second-order valence-electron chi connectivity index (χ2n) is 8.02. The van der Waals surface area contributed by atoms with Crippen LogP contribution in [0.15, 0.2) is 78.0 Å². The Bertz CT molecular complexity index is 1390. The second kappa shape index (κ2) is 12.4. The highest BCUT2D eigenvalue weighted by molar-refractivity contribution is 7.99. The van der Waals surface area contributed by atoms with Crippen LogP contribution in [0, 0.1) is 0 Å². The molecule has 4 rings (SSSR count). The number of hydrogen-bond donors (Lipinski definition) is 2. The van der Waals surface area contributed by atoms with E-state index in [0.29, 0.717) is 28.8 Å². The number of phenolic OH excluding ortho intramolecular Hbond substituents is 1. The minimum absolute atomic E-state index is 0.0324. The maximum Gasteiger partial charge on any atom is 0.339 e. The summed E-state index contributed by atoms with van der Waals surface area (Å²) in [5.41, 5.74) is 1.93. The third-order valence-corrected chi connectivity index (χ3v) is 6.58. The molecular weight excluding hydrogens is 512 g/mol. The Hall–Kier alpha value is -3.82. The summed E-state index contributed by atoms with van der Waals surface area (Å²) in [5, 5.41) is 22.5. The number of carbonyl (C=O) groups is 2. The van der Waals surface area contributed by atoms with Crippen molar-refractivity contribution in [3.05, 3.63) is 83.4 Å². The van der Waals surface area contributed by atoms with E-state index in [1.807, 2.05) is 37.3 Å². The minimum atomic E-state index is -0.531. The Kier molecular flexibility index (Phi) is 8.81. The van der Waals surface area contributed by atoms with Gasteiger partial charge in [0.05, 0.1) is 28.5 Å². The van der Waals surface area contributed by atoms with Crippen molar-refractivity contribution >= 4 is 40.9 Å². The first kappa shape index (κ1) is 26.2. The molecule has 1 heterocycles. The van der Waals surface area contributed by atoms with Crippen molar-refractivity contribution in [2.75, 3.05) is 17.7 Å². The average molecular weight is 537 g/mol. The van der Waals surface area contributed by atoms with Crippen LogP contribution in [0.1, 0.15) is 30.1 Å². The number of ether oxygens (including phenoxy) is 1.